The van der Waals surface area contributed by atoms with Gasteiger partial charge >= 0.3 is 12.2 Å². The van der Waals surface area contributed by atoms with Crippen molar-refractivity contribution in [2.75, 3.05) is 46.0 Å². The van der Waals surface area contributed by atoms with Gasteiger partial charge < -0.3 is 29.0 Å². The molecule has 4 aliphatic rings. The van der Waals surface area contributed by atoms with E-state index in [9.17, 15) is 9.59 Å². The standard InChI is InChI=1S/C33H37ClN6O5/c1-38-20-35-17-28(38)30(37-32(41)44-18-21-4-5-21)27-15-22-3-2-9-36-29(22)31(25-7-6-23(34)16-26(25)27)39-10-12-40(13-11-39)33(42)45-24-8-14-43-19-24/h2-3,6-7,9,15-17,20-21,24,30-31H,4-5,8,10-14,18-19H2,1H3,(H,37,41). The number of piperazine rings is 1. The quantitative estimate of drug-likeness (QED) is 0.394. The van der Waals surface area contributed by atoms with Gasteiger partial charge in [-0.3, -0.25) is 9.88 Å². The van der Waals surface area contributed by atoms with E-state index >= 15 is 0 Å². The number of imidazole rings is 1. The largest absolute Gasteiger partial charge is 0.449 e. The number of halogens is 1. The highest BCUT2D eigenvalue weighted by molar-refractivity contribution is 6.30. The van der Waals surface area contributed by atoms with E-state index in [0.29, 0.717) is 56.9 Å². The van der Waals surface area contributed by atoms with Crippen molar-refractivity contribution in [1.29, 1.82) is 0 Å². The molecule has 3 fully saturated rings. The monoisotopic (exact) mass is 632 g/mol. The van der Waals surface area contributed by atoms with E-state index in [1.165, 1.54) is 0 Å². The second-order valence-electron chi connectivity index (χ2n) is 12.2. The lowest BCUT2D eigenvalue weighted by molar-refractivity contribution is 0.0366. The van der Waals surface area contributed by atoms with Crippen LogP contribution in [0.25, 0.3) is 11.6 Å². The number of hydrogen-bond donors (Lipinski definition) is 1. The molecule has 2 aromatic heterocycles. The average Bonchev–Trinajstić information content (AvgIpc) is 3.61. The van der Waals surface area contributed by atoms with Gasteiger partial charge in [0.2, 0.25) is 0 Å². The van der Waals surface area contributed by atoms with Crippen molar-refractivity contribution < 1.29 is 23.8 Å². The molecule has 0 spiro atoms. The molecule has 2 saturated heterocycles. The maximum absolute atomic E-state index is 13.2. The van der Waals surface area contributed by atoms with Crippen LogP contribution in [0.2, 0.25) is 5.02 Å². The topological polar surface area (TPSA) is 111 Å². The number of amides is 2. The number of fused-ring (bicyclic) bond motifs is 2. The van der Waals surface area contributed by atoms with Gasteiger partial charge in [0, 0.05) is 50.9 Å². The molecule has 11 nitrogen and oxygen atoms in total. The Labute approximate surface area is 267 Å². The summed E-state index contributed by atoms with van der Waals surface area (Å²) in [7, 11) is 1.91. The number of alkyl carbamates (subject to hydrolysis) is 1. The van der Waals surface area contributed by atoms with E-state index in [1.807, 2.05) is 48.1 Å². The molecule has 3 atom stereocenters. The van der Waals surface area contributed by atoms with Gasteiger partial charge in [0.1, 0.15) is 6.10 Å². The summed E-state index contributed by atoms with van der Waals surface area (Å²) in [5, 5.41) is 3.72. The van der Waals surface area contributed by atoms with Crippen molar-refractivity contribution in [3.8, 4) is 0 Å². The number of rotatable bonds is 7. The van der Waals surface area contributed by atoms with Crippen molar-refractivity contribution >= 4 is 35.4 Å². The Morgan fingerprint density at radius 2 is 2.00 bits per heavy atom. The lowest BCUT2D eigenvalue weighted by Gasteiger charge is -2.39. The van der Waals surface area contributed by atoms with E-state index < -0.39 is 12.1 Å². The highest BCUT2D eigenvalue weighted by Gasteiger charge is 2.37. The SMILES string of the molecule is Cn1cncc1C(NC(=O)OCC1CC1)C1=Cc2cccnc2C(N2CCN(C(=O)OC3CCOC3)CC2)c2ccc(Cl)cc21. The third-order valence-electron chi connectivity index (χ3n) is 9.03. The summed E-state index contributed by atoms with van der Waals surface area (Å²) in [6, 6.07) is 9.09. The molecule has 1 N–H and O–H groups in total. The molecule has 1 aromatic carbocycles. The number of aromatic nitrogens is 3. The number of benzene rings is 1. The molecule has 3 unspecified atom stereocenters. The molecule has 3 aromatic rings. The smallest absolute Gasteiger partial charge is 0.410 e. The predicted octanol–water partition coefficient (Wildman–Crippen LogP) is 4.83. The molecular formula is C33H37ClN6O5. The van der Waals surface area contributed by atoms with Crippen LogP contribution in [0, 0.1) is 5.92 Å². The minimum Gasteiger partial charge on any atom is -0.449 e. The first kappa shape index (κ1) is 29.8. The highest BCUT2D eigenvalue weighted by Crippen LogP contribution is 2.44. The number of pyridine rings is 1. The molecule has 12 heteroatoms. The van der Waals surface area contributed by atoms with Gasteiger partial charge in [-0.25, -0.2) is 14.6 Å². The first-order valence-electron chi connectivity index (χ1n) is 15.6. The summed E-state index contributed by atoms with van der Waals surface area (Å²) in [5.41, 5.74) is 5.42. The Kier molecular flexibility index (Phi) is 8.48. The van der Waals surface area contributed by atoms with E-state index in [0.717, 1.165) is 52.9 Å². The van der Waals surface area contributed by atoms with Gasteiger partial charge in [0.15, 0.2) is 0 Å². The average molecular weight is 633 g/mol. The van der Waals surface area contributed by atoms with E-state index in [4.69, 9.17) is 30.8 Å². The normalized spacial score (nSPS) is 22.1. The number of nitrogens with zero attached hydrogens (tertiary/aromatic N) is 5. The first-order valence-corrected chi connectivity index (χ1v) is 16.0. The summed E-state index contributed by atoms with van der Waals surface area (Å²) < 4.78 is 18.6. The molecule has 1 saturated carbocycles. The van der Waals surface area contributed by atoms with E-state index in [1.54, 1.807) is 17.4 Å². The zero-order valence-corrected chi connectivity index (χ0v) is 26.0. The van der Waals surface area contributed by atoms with Crippen molar-refractivity contribution in [1.82, 2.24) is 29.7 Å². The van der Waals surface area contributed by atoms with Crippen LogP contribution in [0.4, 0.5) is 9.59 Å². The Hall–Kier alpha value is -3.93. The summed E-state index contributed by atoms with van der Waals surface area (Å²) in [6.07, 6.45) is 9.35. The molecule has 4 heterocycles. The van der Waals surface area contributed by atoms with Crippen LogP contribution >= 0.6 is 11.6 Å². The molecule has 2 aliphatic carbocycles. The molecule has 2 amide bonds. The zero-order chi connectivity index (χ0) is 30.9. The van der Waals surface area contributed by atoms with Gasteiger partial charge in [-0.2, -0.15) is 0 Å². The number of carbonyl (C=O) groups is 2. The van der Waals surface area contributed by atoms with Crippen LogP contribution < -0.4 is 5.32 Å². The van der Waals surface area contributed by atoms with Crippen LogP contribution in [0.5, 0.6) is 0 Å². The fraction of sp³-hybridized carbons (Fsp3) is 0.455. The van der Waals surface area contributed by atoms with Gasteiger partial charge in [0.05, 0.1) is 55.8 Å². The Morgan fingerprint density at radius 1 is 1.16 bits per heavy atom. The number of hydrogen-bond acceptors (Lipinski definition) is 8. The lowest BCUT2D eigenvalue weighted by atomic mass is 9.90. The van der Waals surface area contributed by atoms with Crippen LogP contribution in [0.1, 0.15) is 59.4 Å². The molecule has 2 aliphatic heterocycles. The van der Waals surface area contributed by atoms with Gasteiger partial charge in [-0.15, -0.1) is 0 Å². The summed E-state index contributed by atoms with van der Waals surface area (Å²) in [6.45, 7) is 3.81. The van der Waals surface area contributed by atoms with Crippen molar-refractivity contribution in [2.24, 2.45) is 13.0 Å². The number of ether oxygens (including phenoxy) is 3. The van der Waals surface area contributed by atoms with E-state index in [2.05, 4.69) is 21.3 Å². The maximum atomic E-state index is 13.2. The second-order valence-corrected chi connectivity index (χ2v) is 12.6. The molecule has 7 rings (SSSR count). The third kappa shape index (κ3) is 6.43. The fourth-order valence-corrected chi connectivity index (χ4v) is 6.55. The van der Waals surface area contributed by atoms with Gasteiger partial charge in [-0.1, -0.05) is 23.7 Å². The first-order chi connectivity index (χ1) is 21.9. The Morgan fingerprint density at radius 3 is 2.73 bits per heavy atom. The molecule has 45 heavy (non-hydrogen) atoms. The minimum atomic E-state index is -0.570. The Bertz CT molecular complexity index is 1590. The van der Waals surface area contributed by atoms with Crippen LogP contribution in [0.15, 0.2) is 49.1 Å². The number of nitrogens with one attached hydrogen (secondary N) is 1. The summed E-state index contributed by atoms with van der Waals surface area (Å²) in [4.78, 5) is 39.5. The third-order valence-corrected chi connectivity index (χ3v) is 9.26. The highest BCUT2D eigenvalue weighted by atomic mass is 35.5. The second kappa shape index (κ2) is 12.8. The van der Waals surface area contributed by atoms with Gasteiger partial charge in [0.25, 0.3) is 0 Å². The van der Waals surface area contributed by atoms with Gasteiger partial charge in [-0.05, 0) is 65.3 Å². The van der Waals surface area contributed by atoms with Crippen LogP contribution in [-0.2, 0) is 21.3 Å². The predicted molar refractivity (Wildman–Crippen MR) is 167 cm³/mol. The number of carbonyl (C=O) groups excluding carboxylic acids is 2. The Balaban J connectivity index is 1.22. The molecular weight excluding hydrogens is 596 g/mol. The van der Waals surface area contributed by atoms with Crippen molar-refractivity contribution in [3.63, 3.8) is 0 Å². The minimum absolute atomic E-state index is 0.179. The van der Waals surface area contributed by atoms with Crippen molar-refractivity contribution in [2.45, 2.75) is 37.5 Å². The molecule has 0 radical (unpaired) electrons. The van der Waals surface area contributed by atoms with Crippen LogP contribution in [0.3, 0.4) is 0 Å². The summed E-state index contributed by atoms with van der Waals surface area (Å²) >= 11 is 6.67. The van der Waals surface area contributed by atoms with E-state index in [-0.39, 0.29) is 18.2 Å². The van der Waals surface area contributed by atoms with Crippen LogP contribution in [-0.4, -0.2) is 88.6 Å². The fourth-order valence-electron chi connectivity index (χ4n) is 6.38. The zero-order valence-electron chi connectivity index (χ0n) is 25.2. The molecule has 0 bridgehead atoms. The summed E-state index contributed by atoms with van der Waals surface area (Å²) in [5.74, 6) is 0.445. The van der Waals surface area contributed by atoms with Crippen molar-refractivity contribution in [3.05, 3.63) is 82.2 Å². The lowest BCUT2D eigenvalue weighted by Crippen LogP contribution is -2.50. The molecule has 236 valence electrons. The number of aryl methyl sites for hydroxylation is 1. The maximum Gasteiger partial charge on any atom is 0.410 e.